The van der Waals surface area contributed by atoms with Gasteiger partial charge in [0.1, 0.15) is 0 Å². The minimum Gasteiger partial charge on any atom is -0.349 e. The van der Waals surface area contributed by atoms with Gasteiger partial charge in [0.25, 0.3) is 5.91 Å². The van der Waals surface area contributed by atoms with Gasteiger partial charge in [-0.3, -0.25) is 4.79 Å². The average Bonchev–Trinajstić information content (AvgIpc) is 2.41. The zero-order chi connectivity index (χ0) is 15.6. The molecule has 1 N–H and O–H groups in total. The van der Waals surface area contributed by atoms with Crippen molar-refractivity contribution in [2.75, 3.05) is 0 Å². The summed E-state index contributed by atoms with van der Waals surface area (Å²) in [6.07, 6.45) is 4.81. The normalized spacial score (nSPS) is 22.9. The summed E-state index contributed by atoms with van der Waals surface area (Å²) in [5.41, 5.74) is 2.05. The lowest BCUT2D eigenvalue weighted by molar-refractivity contribution is 0.0829. The summed E-state index contributed by atoms with van der Waals surface area (Å²) in [6.45, 7) is 8.84. The van der Waals surface area contributed by atoms with Gasteiger partial charge in [0.2, 0.25) is 0 Å². The molecule has 0 saturated heterocycles. The van der Waals surface area contributed by atoms with E-state index in [1.165, 1.54) is 19.3 Å². The predicted molar refractivity (Wildman–Crippen MR) is 91.5 cm³/mol. The van der Waals surface area contributed by atoms with Crippen LogP contribution in [0.2, 0.25) is 0 Å². The van der Waals surface area contributed by atoms with Crippen LogP contribution in [0.3, 0.4) is 0 Å². The number of carbonyl (C=O) groups is 1. The van der Waals surface area contributed by atoms with Gasteiger partial charge in [-0.15, -0.1) is 0 Å². The van der Waals surface area contributed by atoms with Crippen molar-refractivity contribution in [3.8, 4) is 0 Å². The molecule has 0 radical (unpaired) electrons. The van der Waals surface area contributed by atoms with Gasteiger partial charge in [0.15, 0.2) is 0 Å². The third-order valence-electron chi connectivity index (χ3n) is 4.64. The summed E-state index contributed by atoms with van der Waals surface area (Å²) < 4.78 is 0.953. The van der Waals surface area contributed by atoms with E-state index in [1.807, 2.05) is 25.1 Å². The van der Waals surface area contributed by atoms with E-state index in [1.54, 1.807) is 0 Å². The third-order valence-corrected chi connectivity index (χ3v) is 5.13. The molecular formula is C18H26BrNO. The highest BCUT2D eigenvalue weighted by molar-refractivity contribution is 9.10. The van der Waals surface area contributed by atoms with Crippen LogP contribution in [0, 0.1) is 18.3 Å². The Morgan fingerprint density at radius 1 is 1.24 bits per heavy atom. The fraction of sp³-hybridized carbons (Fsp3) is 0.611. The molecule has 3 heteroatoms. The van der Waals surface area contributed by atoms with Gasteiger partial charge in [-0.25, -0.2) is 0 Å². The maximum absolute atomic E-state index is 12.6. The Hall–Kier alpha value is -0.830. The molecule has 21 heavy (non-hydrogen) atoms. The molecule has 0 spiro atoms. The van der Waals surface area contributed by atoms with Crippen LogP contribution < -0.4 is 5.32 Å². The standard InChI is InChI=1S/C18H26BrNO/c1-12-9-10-13(19)11-14(12)17(21)20-16-8-6-5-7-15(16)18(2,3)4/h9-11,15-16H,5-8H2,1-4H3,(H,20,21). The number of carbonyl (C=O) groups excluding carboxylic acids is 1. The number of amides is 1. The summed E-state index contributed by atoms with van der Waals surface area (Å²) >= 11 is 3.45. The second kappa shape index (κ2) is 6.51. The first-order valence-corrected chi connectivity index (χ1v) is 8.65. The second-order valence-corrected chi connectivity index (χ2v) is 8.21. The molecule has 2 unspecified atom stereocenters. The van der Waals surface area contributed by atoms with Crippen molar-refractivity contribution in [3.05, 3.63) is 33.8 Å². The Kier molecular flexibility index (Phi) is 5.13. The number of halogens is 1. The van der Waals surface area contributed by atoms with Gasteiger partial charge >= 0.3 is 0 Å². The van der Waals surface area contributed by atoms with E-state index in [9.17, 15) is 4.79 Å². The van der Waals surface area contributed by atoms with Gasteiger partial charge in [0, 0.05) is 16.1 Å². The number of benzene rings is 1. The minimum atomic E-state index is 0.0648. The fourth-order valence-corrected chi connectivity index (χ4v) is 3.79. The molecule has 2 rings (SSSR count). The lowest BCUT2D eigenvalue weighted by atomic mass is 9.69. The Balaban J connectivity index is 2.15. The molecule has 1 saturated carbocycles. The second-order valence-electron chi connectivity index (χ2n) is 7.30. The molecule has 1 aliphatic rings. The van der Waals surface area contributed by atoms with Crippen molar-refractivity contribution in [2.45, 2.75) is 59.4 Å². The summed E-state index contributed by atoms with van der Waals surface area (Å²) in [5.74, 6) is 0.623. The molecule has 0 aromatic heterocycles. The van der Waals surface area contributed by atoms with Gasteiger partial charge in [-0.2, -0.15) is 0 Å². The lowest BCUT2D eigenvalue weighted by Crippen LogP contribution is -2.46. The Morgan fingerprint density at radius 2 is 1.90 bits per heavy atom. The van der Waals surface area contributed by atoms with Gasteiger partial charge in [-0.05, 0) is 48.8 Å². The first kappa shape index (κ1) is 16.5. The molecular weight excluding hydrogens is 326 g/mol. The van der Waals surface area contributed by atoms with Crippen molar-refractivity contribution in [2.24, 2.45) is 11.3 Å². The summed E-state index contributed by atoms with van der Waals surface area (Å²) in [5, 5.41) is 3.30. The number of hydrogen-bond acceptors (Lipinski definition) is 1. The minimum absolute atomic E-state index is 0.0648. The van der Waals surface area contributed by atoms with Crippen LogP contribution >= 0.6 is 15.9 Å². The average molecular weight is 352 g/mol. The third kappa shape index (κ3) is 4.09. The molecule has 0 aliphatic heterocycles. The summed E-state index contributed by atoms with van der Waals surface area (Å²) in [7, 11) is 0. The number of hydrogen-bond donors (Lipinski definition) is 1. The predicted octanol–water partition coefficient (Wildman–Crippen LogP) is 5.09. The summed E-state index contributed by atoms with van der Waals surface area (Å²) in [4.78, 5) is 12.6. The topological polar surface area (TPSA) is 29.1 Å². The van der Waals surface area contributed by atoms with E-state index in [-0.39, 0.29) is 11.3 Å². The monoisotopic (exact) mass is 351 g/mol. The van der Waals surface area contributed by atoms with Crippen molar-refractivity contribution >= 4 is 21.8 Å². The van der Waals surface area contributed by atoms with Crippen LogP contribution in [-0.2, 0) is 0 Å². The SMILES string of the molecule is Cc1ccc(Br)cc1C(=O)NC1CCCCC1C(C)(C)C. The Morgan fingerprint density at radius 3 is 2.57 bits per heavy atom. The summed E-state index contributed by atoms with van der Waals surface area (Å²) in [6, 6.07) is 6.18. The molecule has 116 valence electrons. The van der Waals surface area contributed by atoms with Gasteiger partial charge in [0.05, 0.1) is 0 Å². The molecule has 1 aromatic rings. The smallest absolute Gasteiger partial charge is 0.251 e. The van der Waals surface area contributed by atoms with E-state index in [0.717, 1.165) is 22.0 Å². The number of aryl methyl sites for hydroxylation is 1. The highest BCUT2D eigenvalue weighted by atomic mass is 79.9. The number of nitrogens with one attached hydrogen (secondary N) is 1. The zero-order valence-electron chi connectivity index (χ0n) is 13.5. The van der Waals surface area contributed by atoms with E-state index < -0.39 is 0 Å². The fourth-order valence-electron chi connectivity index (χ4n) is 3.43. The zero-order valence-corrected chi connectivity index (χ0v) is 15.1. The maximum Gasteiger partial charge on any atom is 0.251 e. The van der Waals surface area contributed by atoms with Crippen molar-refractivity contribution in [1.29, 1.82) is 0 Å². The molecule has 0 heterocycles. The van der Waals surface area contributed by atoms with Crippen LogP contribution in [0.1, 0.15) is 62.4 Å². The van der Waals surface area contributed by atoms with Crippen molar-refractivity contribution in [1.82, 2.24) is 5.32 Å². The van der Waals surface area contributed by atoms with Crippen LogP contribution in [0.25, 0.3) is 0 Å². The van der Waals surface area contributed by atoms with Crippen LogP contribution in [0.15, 0.2) is 22.7 Å². The lowest BCUT2D eigenvalue weighted by Gasteiger charge is -2.40. The quantitative estimate of drug-likeness (QED) is 0.789. The maximum atomic E-state index is 12.6. The Labute approximate surface area is 136 Å². The molecule has 2 atom stereocenters. The highest BCUT2D eigenvalue weighted by Crippen LogP contribution is 2.38. The van der Waals surface area contributed by atoms with Crippen LogP contribution in [-0.4, -0.2) is 11.9 Å². The molecule has 1 aromatic carbocycles. The van der Waals surface area contributed by atoms with E-state index in [4.69, 9.17) is 0 Å². The van der Waals surface area contributed by atoms with Crippen molar-refractivity contribution < 1.29 is 4.79 Å². The molecule has 0 bridgehead atoms. The largest absolute Gasteiger partial charge is 0.349 e. The van der Waals surface area contributed by atoms with Crippen LogP contribution in [0.5, 0.6) is 0 Å². The highest BCUT2D eigenvalue weighted by Gasteiger charge is 2.35. The first-order valence-electron chi connectivity index (χ1n) is 7.86. The Bertz CT molecular complexity index is 518. The molecule has 1 amide bonds. The molecule has 2 nitrogen and oxygen atoms in total. The van der Waals surface area contributed by atoms with Crippen molar-refractivity contribution in [3.63, 3.8) is 0 Å². The number of rotatable bonds is 2. The van der Waals surface area contributed by atoms with Gasteiger partial charge in [-0.1, -0.05) is 55.6 Å². The van der Waals surface area contributed by atoms with E-state index in [2.05, 4.69) is 42.0 Å². The molecule has 1 fully saturated rings. The van der Waals surface area contributed by atoms with E-state index >= 15 is 0 Å². The molecule has 1 aliphatic carbocycles. The van der Waals surface area contributed by atoms with E-state index in [0.29, 0.717) is 12.0 Å². The van der Waals surface area contributed by atoms with Crippen LogP contribution in [0.4, 0.5) is 0 Å². The first-order chi connectivity index (χ1) is 9.79. The van der Waals surface area contributed by atoms with Gasteiger partial charge < -0.3 is 5.32 Å².